The fourth-order valence-electron chi connectivity index (χ4n) is 2.96. The van der Waals surface area contributed by atoms with Crippen molar-refractivity contribution in [3.63, 3.8) is 0 Å². The van der Waals surface area contributed by atoms with Crippen molar-refractivity contribution >= 4 is 30.0 Å². The molecule has 0 bridgehead atoms. The van der Waals surface area contributed by atoms with Crippen LogP contribution < -0.4 is 10.6 Å². The molecule has 0 saturated carbocycles. The van der Waals surface area contributed by atoms with Crippen LogP contribution in [0.1, 0.15) is 25.7 Å². The molecule has 8 heteroatoms. The van der Waals surface area contributed by atoms with Crippen molar-refractivity contribution in [2.24, 2.45) is 0 Å². The number of hydrogen-bond donors (Lipinski definition) is 2. The zero-order valence-electron chi connectivity index (χ0n) is 11.5. The van der Waals surface area contributed by atoms with E-state index in [0.717, 1.165) is 4.90 Å². The highest BCUT2D eigenvalue weighted by Crippen LogP contribution is 2.34. The van der Waals surface area contributed by atoms with E-state index in [0.29, 0.717) is 24.9 Å². The Hall–Kier alpha value is -2.77. The van der Waals surface area contributed by atoms with Crippen LogP contribution >= 0.6 is 0 Å². The average molecular weight is 303 g/mol. The van der Waals surface area contributed by atoms with E-state index in [1.165, 1.54) is 0 Å². The molecule has 2 fully saturated rings. The second kappa shape index (κ2) is 5.21. The fraction of sp³-hybridized carbons (Fsp3) is 0.357. The molecule has 5 amide bonds. The first kappa shape index (κ1) is 14.2. The molecule has 2 heterocycles. The molecule has 0 aromatic rings. The number of allylic oxidation sites excluding steroid dienone is 2. The Morgan fingerprint density at radius 2 is 1.95 bits per heavy atom. The van der Waals surface area contributed by atoms with Crippen molar-refractivity contribution in [1.29, 1.82) is 0 Å². The van der Waals surface area contributed by atoms with E-state index < -0.39 is 29.7 Å². The molecule has 114 valence electrons. The second-order valence-electron chi connectivity index (χ2n) is 5.22. The maximum atomic E-state index is 12.5. The summed E-state index contributed by atoms with van der Waals surface area (Å²) in [6.45, 7) is 0. The highest BCUT2D eigenvalue weighted by molar-refractivity contribution is 6.26. The van der Waals surface area contributed by atoms with Crippen molar-refractivity contribution in [2.75, 3.05) is 0 Å². The first-order valence-electron chi connectivity index (χ1n) is 6.90. The van der Waals surface area contributed by atoms with Gasteiger partial charge in [-0.25, -0.2) is 0 Å². The number of imide groups is 2. The third-order valence-electron chi connectivity index (χ3n) is 3.95. The largest absolute Gasteiger partial charge is 0.332 e. The smallest absolute Gasteiger partial charge is 0.264 e. The number of carbonyl (C=O) groups excluding carboxylic acids is 5. The molecule has 1 atom stereocenters. The molecule has 1 unspecified atom stereocenters. The van der Waals surface area contributed by atoms with Gasteiger partial charge in [0.05, 0.1) is 11.1 Å². The molecular formula is C14H13N3O5. The number of fused-ring (bicyclic) bond motifs is 1. The molecule has 22 heavy (non-hydrogen) atoms. The van der Waals surface area contributed by atoms with Gasteiger partial charge in [0.1, 0.15) is 6.04 Å². The van der Waals surface area contributed by atoms with Crippen LogP contribution in [0.25, 0.3) is 0 Å². The summed E-state index contributed by atoms with van der Waals surface area (Å²) in [4.78, 5) is 59.6. The van der Waals surface area contributed by atoms with Crippen LogP contribution in [0.15, 0.2) is 22.9 Å². The van der Waals surface area contributed by atoms with Crippen molar-refractivity contribution in [3.8, 4) is 0 Å². The van der Waals surface area contributed by atoms with Crippen molar-refractivity contribution in [2.45, 2.75) is 31.7 Å². The number of hydrogen-bond acceptors (Lipinski definition) is 5. The van der Waals surface area contributed by atoms with E-state index in [-0.39, 0.29) is 24.0 Å². The van der Waals surface area contributed by atoms with Gasteiger partial charge in [-0.1, -0.05) is 6.08 Å². The van der Waals surface area contributed by atoms with Gasteiger partial charge in [0.15, 0.2) is 0 Å². The quantitative estimate of drug-likeness (QED) is 0.506. The van der Waals surface area contributed by atoms with Crippen LogP contribution in [0.2, 0.25) is 0 Å². The number of nitrogens with one attached hydrogen (secondary N) is 2. The van der Waals surface area contributed by atoms with Gasteiger partial charge in [-0.05, 0) is 19.3 Å². The third kappa shape index (κ3) is 2.03. The molecule has 0 aromatic carbocycles. The zero-order valence-corrected chi connectivity index (χ0v) is 11.5. The zero-order chi connectivity index (χ0) is 15.9. The molecule has 1 aliphatic carbocycles. The molecule has 0 radical (unpaired) electrons. The SMILES string of the molecule is O=CNC1=C2C(=O)N(C3CCC(=O)NC3=O)C(=O)C2=CCC1. The maximum Gasteiger partial charge on any atom is 0.264 e. The molecule has 3 rings (SSSR count). The lowest BCUT2D eigenvalue weighted by Gasteiger charge is -2.27. The minimum absolute atomic E-state index is 0.0744. The van der Waals surface area contributed by atoms with Crippen LogP contribution in [-0.4, -0.2) is 41.0 Å². The number of rotatable bonds is 3. The first-order chi connectivity index (χ1) is 10.5. The number of amides is 5. The van der Waals surface area contributed by atoms with Gasteiger partial charge in [0.25, 0.3) is 11.8 Å². The van der Waals surface area contributed by atoms with Crippen LogP contribution in [0.5, 0.6) is 0 Å². The van der Waals surface area contributed by atoms with Gasteiger partial charge in [0.2, 0.25) is 18.2 Å². The highest BCUT2D eigenvalue weighted by atomic mass is 16.2. The van der Waals surface area contributed by atoms with Crippen LogP contribution in [0.3, 0.4) is 0 Å². The molecule has 2 N–H and O–H groups in total. The van der Waals surface area contributed by atoms with Gasteiger partial charge >= 0.3 is 0 Å². The lowest BCUT2D eigenvalue weighted by atomic mass is 9.97. The summed E-state index contributed by atoms with van der Waals surface area (Å²) in [5, 5.41) is 4.59. The maximum absolute atomic E-state index is 12.5. The summed E-state index contributed by atoms with van der Waals surface area (Å²) >= 11 is 0. The van der Waals surface area contributed by atoms with Crippen molar-refractivity contribution in [3.05, 3.63) is 22.9 Å². The van der Waals surface area contributed by atoms with Crippen molar-refractivity contribution < 1.29 is 24.0 Å². The van der Waals surface area contributed by atoms with E-state index in [4.69, 9.17) is 0 Å². The summed E-state index contributed by atoms with van der Waals surface area (Å²) in [7, 11) is 0. The van der Waals surface area contributed by atoms with Gasteiger partial charge in [-0.2, -0.15) is 0 Å². The number of likely N-dealkylation sites (tertiary alicyclic amines) is 1. The Labute approximate surface area is 125 Å². The minimum atomic E-state index is -0.991. The Morgan fingerprint density at radius 3 is 2.64 bits per heavy atom. The minimum Gasteiger partial charge on any atom is -0.332 e. The van der Waals surface area contributed by atoms with Crippen LogP contribution in [0, 0.1) is 0 Å². The summed E-state index contributed by atoms with van der Waals surface area (Å²) in [6, 6.07) is -0.991. The third-order valence-corrected chi connectivity index (χ3v) is 3.95. The Kier molecular flexibility index (Phi) is 3.36. The average Bonchev–Trinajstić information content (AvgIpc) is 2.73. The topological polar surface area (TPSA) is 113 Å². The lowest BCUT2D eigenvalue weighted by molar-refractivity contribution is -0.149. The number of nitrogens with zero attached hydrogens (tertiary/aromatic N) is 1. The van der Waals surface area contributed by atoms with Crippen LogP contribution in [0.4, 0.5) is 0 Å². The summed E-state index contributed by atoms with van der Waals surface area (Å²) in [5.41, 5.74) is 0.749. The van der Waals surface area contributed by atoms with Gasteiger partial charge < -0.3 is 5.32 Å². The molecule has 2 saturated heterocycles. The van der Waals surface area contributed by atoms with E-state index in [2.05, 4.69) is 10.6 Å². The summed E-state index contributed by atoms with van der Waals surface area (Å²) in [5.74, 6) is -2.23. The van der Waals surface area contributed by atoms with Gasteiger partial charge in [0, 0.05) is 12.1 Å². The standard InChI is InChI=1S/C14H13N3O5/c18-6-15-8-3-1-2-7-11(8)14(22)17(13(7)21)9-4-5-10(19)16-12(9)20/h2,6,9H,1,3-5H2,(H,15,18)(H,16,19,20). The molecule has 8 nitrogen and oxygen atoms in total. The summed E-state index contributed by atoms with van der Waals surface area (Å²) in [6.07, 6.45) is 3.25. The number of piperidine rings is 1. The molecule has 3 aliphatic rings. The molecule has 2 aliphatic heterocycles. The molecule has 0 spiro atoms. The first-order valence-corrected chi connectivity index (χ1v) is 6.90. The summed E-state index contributed by atoms with van der Waals surface area (Å²) < 4.78 is 0. The van der Waals surface area contributed by atoms with Crippen molar-refractivity contribution in [1.82, 2.24) is 15.5 Å². The monoisotopic (exact) mass is 303 g/mol. The molecular weight excluding hydrogens is 290 g/mol. The molecule has 0 aromatic heterocycles. The van der Waals surface area contributed by atoms with E-state index in [1.54, 1.807) is 6.08 Å². The Balaban J connectivity index is 1.98. The van der Waals surface area contributed by atoms with Gasteiger partial charge in [-0.15, -0.1) is 0 Å². The van der Waals surface area contributed by atoms with Crippen LogP contribution in [-0.2, 0) is 24.0 Å². The number of carbonyl (C=O) groups is 5. The predicted molar refractivity (Wildman–Crippen MR) is 71.6 cm³/mol. The second-order valence-corrected chi connectivity index (χ2v) is 5.22. The normalized spacial score (nSPS) is 25.0. The Morgan fingerprint density at radius 1 is 1.18 bits per heavy atom. The van der Waals surface area contributed by atoms with E-state index >= 15 is 0 Å². The predicted octanol–water partition coefficient (Wildman–Crippen LogP) is -1.12. The van der Waals surface area contributed by atoms with E-state index in [9.17, 15) is 24.0 Å². The fourth-order valence-corrected chi connectivity index (χ4v) is 2.96. The van der Waals surface area contributed by atoms with E-state index in [1.807, 2.05) is 0 Å². The Bertz CT molecular complexity index is 676. The lowest BCUT2D eigenvalue weighted by Crippen LogP contribution is -2.54. The highest BCUT2D eigenvalue weighted by Gasteiger charge is 2.48. The van der Waals surface area contributed by atoms with Gasteiger partial charge in [-0.3, -0.25) is 34.2 Å².